The number of hydrogen-bond donors (Lipinski definition) is 1. The van der Waals surface area contributed by atoms with Crippen LogP contribution in [0.5, 0.6) is 6.01 Å². The molecule has 0 spiro atoms. The Balaban J connectivity index is 1.90. The summed E-state index contributed by atoms with van der Waals surface area (Å²) < 4.78 is 6.01. The van der Waals surface area contributed by atoms with Crippen LogP contribution in [0.25, 0.3) is 0 Å². The van der Waals surface area contributed by atoms with Crippen molar-refractivity contribution in [1.29, 1.82) is 0 Å². The van der Waals surface area contributed by atoms with Crippen LogP contribution in [-0.4, -0.2) is 22.6 Å². The molecule has 1 aromatic heterocycles. The molecule has 1 aromatic rings. The van der Waals surface area contributed by atoms with Crippen molar-refractivity contribution >= 4 is 0 Å². The van der Waals surface area contributed by atoms with Gasteiger partial charge in [-0.3, -0.25) is 0 Å². The first-order valence-corrected chi connectivity index (χ1v) is 8.42. The lowest BCUT2D eigenvalue weighted by Gasteiger charge is -2.28. The molecular formula is C17H29N3O. The third kappa shape index (κ3) is 4.95. The van der Waals surface area contributed by atoms with Crippen molar-refractivity contribution in [1.82, 2.24) is 15.3 Å². The first-order valence-electron chi connectivity index (χ1n) is 8.42. The maximum Gasteiger partial charge on any atom is 0.316 e. The molecule has 0 radical (unpaired) electrons. The van der Waals surface area contributed by atoms with Crippen LogP contribution >= 0.6 is 0 Å². The quantitative estimate of drug-likeness (QED) is 0.779. The number of rotatable bonds is 7. The van der Waals surface area contributed by atoms with Crippen LogP contribution < -0.4 is 10.1 Å². The Morgan fingerprint density at radius 2 is 2.19 bits per heavy atom. The minimum absolute atomic E-state index is 0.298. The molecule has 2 unspecified atom stereocenters. The fourth-order valence-corrected chi connectivity index (χ4v) is 2.97. The van der Waals surface area contributed by atoms with Gasteiger partial charge in [0.25, 0.3) is 0 Å². The smallest absolute Gasteiger partial charge is 0.316 e. The Morgan fingerprint density at radius 1 is 1.33 bits per heavy atom. The maximum atomic E-state index is 6.01. The highest BCUT2D eigenvalue weighted by atomic mass is 16.5. The van der Waals surface area contributed by atoms with Gasteiger partial charge in [-0.25, -0.2) is 9.97 Å². The van der Waals surface area contributed by atoms with Gasteiger partial charge < -0.3 is 10.1 Å². The summed E-state index contributed by atoms with van der Waals surface area (Å²) in [5, 5.41) is 3.39. The molecule has 0 bridgehead atoms. The minimum atomic E-state index is 0.298. The lowest BCUT2D eigenvalue weighted by atomic mass is 9.85. The first kappa shape index (κ1) is 16.2. The third-order valence-corrected chi connectivity index (χ3v) is 4.39. The van der Waals surface area contributed by atoms with E-state index in [0.717, 1.165) is 49.5 Å². The zero-order valence-electron chi connectivity index (χ0n) is 13.7. The van der Waals surface area contributed by atoms with Crippen LogP contribution in [0.2, 0.25) is 0 Å². The molecule has 0 aromatic carbocycles. The monoisotopic (exact) mass is 291 g/mol. The van der Waals surface area contributed by atoms with E-state index < -0.39 is 0 Å². The zero-order chi connectivity index (χ0) is 15.1. The van der Waals surface area contributed by atoms with Gasteiger partial charge in [-0.15, -0.1) is 0 Å². The fourth-order valence-electron chi connectivity index (χ4n) is 2.97. The Hall–Kier alpha value is -1.16. The molecule has 2 atom stereocenters. The van der Waals surface area contributed by atoms with Crippen LogP contribution in [0.15, 0.2) is 6.20 Å². The normalized spacial score (nSPS) is 22.2. The largest absolute Gasteiger partial charge is 0.460 e. The van der Waals surface area contributed by atoms with E-state index in [0.29, 0.717) is 12.1 Å². The number of ether oxygens (including phenoxy) is 1. The second-order valence-corrected chi connectivity index (χ2v) is 6.12. The summed E-state index contributed by atoms with van der Waals surface area (Å²) in [6.45, 7) is 8.33. The van der Waals surface area contributed by atoms with E-state index >= 15 is 0 Å². The van der Waals surface area contributed by atoms with Crippen molar-refractivity contribution in [2.75, 3.05) is 6.54 Å². The summed E-state index contributed by atoms with van der Waals surface area (Å²) in [5.74, 6) is 0.808. The Morgan fingerprint density at radius 3 is 2.90 bits per heavy atom. The lowest BCUT2D eigenvalue weighted by Crippen LogP contribution is -2.26. The average Bonchev–Trinajstić information content (AvgIpc) is 2.50. The van der Waals surface area contributed by atoms with Crippen LogP contribution in [-0.2, 0) is 6.54 Å². The average molecular weight is 291 g/mol. The van der Waals surface area contributed by atoms with E-state index in [4.69, 9.17) is 4.74 Å². The summed E-state index contributed by atoms with van der Waals surface area (Å²) in [7, 11) is 0. The lowest BCUT2D eigenvalue weighted by molar-refractivity contribution is 0.111. The molecule has 1 fully saturated rings. The van der Waals surface area contributed by atoms with E-state index in [-0.39, 0.29) is 0 Å². The second kappa shape index (κ2) is 8.32. The van der Waals surface area contributed by atoms with Gasteiger partial charge >= 0.3 is 6.01 Å². The highest BCUT2D eigenvalue weighted by molar-refractivity contribution is 5.17. The standard InChI is InChI=1S/C17H29N3O/c1-4-9-18-11-15-12-19-17(20-13(15)3)21-16-8-6-7-14(5-2)10-16/h12,14,16,18H,4-11H2,1-3H3. The van der Waals surface area contributed by atoms with Crippen LogP contribution in [0.3, 0.4) is 0 Å². The van der Waals surface area contributed by atoms with Crippen LogP contribution in [0.1, 0.15) is 63.6 Å². The molecule has 4 heteroatoms. The predicted molar refractivity (Wildman–Crippen MR) is 85.4 cm³/mol. The van der Waals surface area contributed by atoms with Gasteiger partial charge in [0, 0.05) is 24.0 Å². The molecule has 2 rings (SSSR count). The van der Waals surface area contributed by atoms with E-state index in [9.17, 15) is 0 Å². The third-order valence-electron chi connectivity index (χ3n) is 4.39. The number of nitrogens with one attached hydrogen (secondary N) is 1. The summed E-state index contributed by atoms with van der Waals surface area (Å²) in [6, 6.07) is 0.550. The SMILES string of the molecule is CCCNCc1cnc(OC2CCCC(CC)C2)nc1C. The van der Waals surface area contributed by atoms with E-state index in [1.54, 1.807) is 0 Å². The zero-order valence-corrected chi connectivity index (χ0v) is 13.7. The van der Waals surface area contributed by atoms with Crippen molar-refractivity contribution in [3.05, 3.63) is 17.5 Å². The summed E-state index contributed by atoms with van der Waals surface area (Å²) in [4.78, 5) is 8.91. The van der Waals surface area contributed by atoms with Crippen molar-refractivity contribution in [2.24, 2.45) is 5.92 Å². The highest BCUT2D eigenvalue weighted by Gasteiger charge is 2.22. The van der Waals surface area contributed by atoms with Gasteiger partial charge in [0.2, 0.25) is 0 Å². The van der Waals surface area contributed by atoms with Gasteiger partial charge in [-0.05, 0) is 45.1 Å². The maximum absolute atomic E-state index is 6.01. The van der Waals surface area contributed by atoms with Gasteiger partial charge in [0.05, 0.1) is 0 Å². The first-order chi connectivity index (χ1) is 10.2. The van der Waals surface area contributed by atoms with Crippen molar-refractivity contribution < 1.29 is 4.74 Å². The number of aryl methyl sites for hydroxylation is 1. The summed E-state index contributed by atoms with van der Waals surface area (Å²) in [5.41, 5.74) is 2.18. The molecule has 1 aliphatic rings. The molecule has 1 aliphatic carbocycles. The second-order valence-electron chi connectivity index (χ2n) is 6.12. The van der Waals surface area contributed by atoms with Crippen molar-refractivity contribution in [3.8, 4) is 6.01 Å². The molecule has 21 heavy (non-hydrogen) atoms. The van der Waals surface area contributed by atoms with E-state index in [1.807, 2.05) is 13.1 Å². The van der Waals surface area contributed by atoms with Gasteiger partial charge in [-0.1, -0.05) is 26.7 Å². The van der Waals surface area contributed by atoms with Crippen LogP contribution in [0.4, 0.5) is 0 Å². The highest BCUT2D eigenvalue weighted by Crippen LogP contribution is 2.28. The molecule has 1 heterocycles. The van der Waals surface area contributed by atoms with Crippen molar-refractivity contribution in [3.63, 3.8) is 0 Å². The molecule has 118 valence electrons. The molecule has 0 aliphatic heterocycles. The van der Waals surface area contributed by atoms with Gasteiger partial charge in [0.1, 0.15) is 6.10 Å². The Bertz CT molecular complexity index is 436. The van der Waals surface area contributed by atoms with E-state index in [1.165, 1.54) is 19.3 Å². The molecular weight excluding hydrogens is 262 g/mol. The Labute approximate surface area is 128 Å². The molecule has 0 amide bonds. The minimum Gasteiger partial charge on any atom is -0.460 e. The van der Waals surface area contributed by atoms with Crippen molar-refractivity contribution in [2.45, 2.75) is 71.9 Å². The summed E-state index contributed by atoms with van der Waals surface area (Å²) in [6.07, 6.45) is 9.49. The topological polar surface area (TPSA) is 47.0 Å². The van der Waals surface area contributed by atoms with Gasteiger partial charge in [-0.2, -0.15) is 0 Å². The number of hydrogen-bond acceptors (Lipinski definition) is 4. The molecule has 4 nitrogen and oxygen atoms in total. The number of nitrogens with zero attached hydrogens (tertiary/aromatic N) is 2. The predicted octanol–water partition coefficient (Wildman–Crippen LogP) is 3.63. The van der Waals surface area contributed by atoms with Crippen LogP contribution in [0, 0.1) is 12.8 Å². The Kier molecular flexibility index (Phi) is 6.43. The summed E-state index contributed by atoms with van der Waals surface area (Å²) >= 11 is 0. The van der Waals surface area contributed by atoms with Gasteiger partial charge in [0.15, 0.2) is 0 Å². The molecule has 0 saturated heterocycles. The molecule has 1 N–H and O–H groups in total. The van der Waals surface area contributed by atoms with E-state index in [2.05, 4.69) is 29.1 Å². The fraction of sp³-hybridized carbons (Fsp3) is 0.765. The molecule has 1 saturated carbocycles. The number of aromatic nitrogens is 2.